The van der Waals surface area contributed by atoms with Crippen molar-refractivity contribution in [1.29, 1.82) is 0 Å². The number of aryl methyl sites for hydroxylation is 1. The van der Waals surface area contributed by atoms with E-state index >= 15 is 0 Å². The minimum absolute atomic E-state index is 0.0130. The lowest BCUT2D eigenvalue weighted by atomic mass is 10.1. The fourth-order valence-electron chi connectivity index (χ4n) is 4.81. The molecular formula is C32H26ClN3OS. The number of halogens is 1. The topological polar surface area (TPSA) is 46.4 Å². The molecule has 0 saturated heterocycles. The van der Waals surface area contributed by atoms with Crippen molar-refractivity contribution in [2.24, 2.45) is 0 Å². The van der Waals surface area contributed by atoms with Gasteiger partial charge in [0.25, 0.3) is 0 Å². The Labute approximate surface area is 230 Å². The molecule has 1 atom stereocenters. The first-order valence-electron chi connectivity index (χ1n) is 12.7. The number of rotatable bonds is 7. The van der Waals surface area contributed by atoms with Crippen LogP contribution < -0.4 is 5.32 Å². The van der Waals surface area contributed by atoms with E-state index in [9.17, 15) is 4.79 Å². The van der Waals surface area contributed by atoms with Gasteiger partial charge in [0, 0.05) is 38.3 Å². The number of benzene rings is 3. The van der Waals surface area contributed by atoms with Crippen LogP contribution >= 0.6 is 22.9 Å². The third kappa shape index (κ3) is 4.95. The largest absolute Gasteiger partial charge is 0.350 e. The van der Waals surface area contributed by atoms with Crippen molar-refractivity contribution in [3.8, 4) is 21.7 Å². The number of carbonyl (C=O) groups excluding carboxylic acids is 1. The Kier molecular flexibility index (Phi) is 6.71. The van der Waals surface area contributed by atoms with Crippen LogP contribution in [0.4, 0.5) is 0 Å². The van der Waals surface area contributed by atoms with Crippen molar-refractivity contribution in [1.82, 2.24) is 14.7 Å². The van der Waals surface area contributed by atoms with Crippen molar-refractivity contribution in [2.75, 3.05) is 0 Å². The molecule has 4 nitrogen and oxygen atoms in total. The minimum atomic E-state index is -0.0545. The normalized spacial score (nSPS) is 12.2. The summed E-state index contributed by atoms with van der Waals surface area (Å²) in [5.74, 6) is 0.0130. The summed E-state index contributed by atoms with van der Waals surface area (Å²) in [6, 6.07) is 32.5. The molecule has 6 aromatic rings. The lowest BCUT2D eigenvalue weighted by Gasteiger charge is -2.14. The van der Waals surface area contributed by atoms with E-state index in [2.05, 4.69) is 58.4 Å². The number of nitrogens with zero attached hydrogens (tertiary/aromatic N) is 2. The van der Waals surface area contributed by atoms with Crippen LogP contribution in [0.1, 0.15) is 30.6 Å². The summed E-state index contributed by atoms with van der Waals surface area (Å²) in [7, 11) is 0. The lowest BCUT2D eigenvalue weighted by molar-refractivity contribution is -0.121. The molecule has 0 fully saturated rings. The van der Waals surface area contributed by atoms with Gasteiger partial charge in [-0.15, -0.1) is 11.3 Å². The van der Waals surface area contributed by atoms with Crippen LogP contribution in [0, 0.1) is 0 Å². The van der Waals surface area contributed by atoms with Crippen molar-refractivity contribution in [3.05, 3.63) is 120 Å². The first-order valence-corrected chi connectivity index (χ1v) is 13.8. The summed E-state index contributed by atoms with van der Waals surface area (Å²) in [6.07, 6.45) is 3.06. The van der Waals surface area contributed by atoms with E-state index in [4.69, 9.17) is 16.6 Å². The van der Waals surface area contributed by atoms with E-state index in [0.29, 0.717) is 17.9 Å². The number of fused-ring (bicyclic) bond motifs is 2. The van der Waals surface area contributed by atoms with E-state index in [1.807, 2.05) is 61.5 Å². The highest BCUT2D eigenvalue weighted by atomic mass is 35.5. The van der Waals surface area contributed by atoms with Gasteiger partial charge in [0.05, 0.1) is 17.4 Å². The Balaban J connectivity index is 1.34. The Morgan fingerprint density at radius 3 is 2.47 bits per heavy atom. The number of hydrogen-bond donors (Lipinski definition) is 1. The van der Waals surface area contributed by atoms with Gasteiger partial charge in [-0.1, -0.05) is 72.3 Å². The first-order chi connectivity index (χ1) is 18.5. The van der Waals surface area contributed by atoms with Gasteiger partial charge in [-0.25, -0.2) is 4.98 Å². The smallest absolute Gasteiger partial charge is 0.220 e. The van der Waals surface area contributed by atoms with Crippen molar-refractivity contribution in [2.45, 2.75) is 25.8 Å². The van der Waals surface area contributed by atoms with Crippen LogP contribution in [0.15, 0.2) is 103 Å². The molecule has 3 aromatic carbocycles. The third-order valence-corrected chi connectivity index (χ3v) is 8.23. The number of imidazole rings is 1. The average molecular weight is 536 g/mol. The van der Waals surface area contributed by atoms with E-state index in [1.165, 1.54) is 15.0 Å². The van der Waals surface area contributed by atoms with E-state index in [1.54, 1.807) is 11.3 Å². The maximum Gasteiger partial charge on any atom is 0.220 e. The van der Waals surface area contributed by atoms with Gasteiger partial charge in [0.15, 0.2) is 0 Å². The molecule has 0 aliphatic carbocycles. The molecule has 6 heteroatoms. The van der Waals surface area contributed by atoms with Crippen LogP contribution in [-0.4, -0.2) is 15.3 Å². The second-order valence-electron chi connectivity index (χ2n) is 9.41. The summed E-state index contributed by atoms with van der Waals surface area (Å²) < 4.78 is 3.40. The molecule has 1 N–H and O–H groups in total. The summed E-state index contributed by atoms with van der Waals surface area (Å²) in [5.41, 5.74) is 5.93. The zero-order valence-corrected chi connectivity index (χ0v) is 22.5. The first kappa shape index (κ1) is 24.4. The van der Waals surface area contributed by atoms with Crippen LogP contribution in [0.25, 0.3) is 37.4 Å². The van der Waals surface area contributed by atoms with E-state index in [-0.39, 0.29) is 11.9 Å². The molecule has 6 rings (SSSR count). The molecule has 38 heavy (non-hydrogen) atoms. The van der Waals surface area contributed by atoms with Crippen LogP contribution in [0.3, 0.4) is 0 Å². The molecule has 0 saturated carbocycles. The number of hydrogen-bond acceptors (Lipinski definition) is 3. The molecule has 0 radical (unpaired) electrons. The standard InChI is InChI=1S/C32H26ClN3OS/c1-21(22-7-3-2-4-8-22)34-31(37)18-16-27-32(23-11-14-26(33)15-12-23)35-30-17-13-25(20-36(27)30)29-19-24-9-5-6-10-28(24)38-29/h2-15,17,19-21H,16,18H2,1H3,(H,34,37). The second-order valence-corrected chi connectivity index (χ2v) is 10.9. The predicted molar refractivity (Wildman–Crippen MR) is 158 cm³/mol. The molecule has 1 amide bonds. The van der Waals surface area contributed by atoms with E-state index < -0.39 is 0 Å². The number of nitrogens with one attached hydrogen (secondary N) is 1. The molecule has 0 spiro atoms. The van der Waals surface area contributed by atoms with Gasteiger partial charge in [-0.3, -0.25) is 4.79 Å². The lowest BCUT2D eigenvalue weighted by Crippen LogP contribution is -2.26. The number of pyridine rings is 1. The Morgan fingerprint density at radius 2 is 1.68 bits per heavy atom. The number of thiophene rings is 1. The number of amides is 1. The summed E-state index contributed by atoms with van der Waals surface area (Å²) in [4.78, 5) is 19.2. The van der Waals surface area contributed by atoms with Gasteiger partial charge in [0.2, 0.25) is 5.91 Å². The molecule has 3 heterocycles. The van der Waals surface area contributed by atoms with Gasteiger partial charge in [-0.2, -0.15) is 0 Å². The van der Waals surface area contributed by atoms with Gasteiger partial charge >= 0.3 is 0 Å². The highest BCUT2D eigenvalue weighted by Gasteiger charge is 2.18. The van der Waals surface area contributed by atoms with E-state index in [0.717, 1.165) is 33.7 Å². The Hall–Kier alpha value is -3.93. The number of aromatic nitrogens is 2. The SMILES string of the molecule is CC(NC(=O)CCc1c(-c2ccc(Cl)cc2)nc2ccc(-c3cc4ccccc4s3)cn12)c1ccccc1. The average Bonchev–Trinajstić information content (AvgIpc) is 3.54. The highest BCUT2D eigenvalue weighted by molar-refractivity contribution is 7.22. The van der Waals surface area contributed by atoms with Crippen LogP contribution in [-0.2, 0) is 11.2 Å². The van der Waals surface area contributed by atoms with Crippen molar-refractivity contribution in [3.63, 3.8) is 0 Å². The summed E-state index contributed by atoms with van der Waals surface area (Å²) >= 11 is 7.94. The van der Waals surface area contributed by atoms with Gasteiger partial charge in [0.1, 0.15) is 5.65 Å². The van der Waals surface area contributed by atoms with Gasteiger partial charge in [-0.05, 0) is 60.7 Å². The van der Waals surface area contributed by atoms with Crippen molar-refractivity contribution < 1.29 is 4.79 Å². The van der Waals surface area contributed by atoms with Gasteiger partial charge < -0.3 is 9.72 Å². The zero-order chi connectivity index (χ0) is 26.1. The molecule has 0 aliphatic heterocycles. The minimum Gasteiger partial charge on any atom is -0.350 e. The Bertz CT molecular complexity index is 1710. The zero-order valence-electron chi connectivity index (χ0n) is 20.9. The quantitative estimate of drug-likeness (QED) is 0.223. The fraction of sp³-hybridized carbons (Fsp3) is 0.125. The van der Waals surface area contributed by atoms with Crippen LogP contribution in [0.5, 0.6) is 0 Å². The molecule has 0 bridgehead atoms. The third-order valence-electron chi connectivity index (χ3n) is 6.81. The second kappa shape index (κ2) is 10.4. The number of carbonyl (C=O) groups is 1. The molecule has 188 valence electrons. The summed E-state index contributed by atoms with van der Waals surface area (Å²) in [5, 5.41) is 5.06. The molecular weight excluding hydrogens is 510 g/mol. The molecule has 3 aromatic heterocycles. The highest BCUT2D eigenvalue weighted by Crippen LogP contribution is 2.35. The maximum atomic E-state index is 13.0. The monoisotopic (exact) mass is 535 g/mol. The van der Waals surface area contributed by atoms with Crippen LogP contribution in [0.2, 0.25) is 5.02 Å². The fourth-order valence-corrected chi connectivity index (χ4v) is 5.99. The van der Waals surface area contributed by atoms with Crippen molar-refractivity contribution >= 4 is 44.6 Å². The Morgan fingerprint density at radius 1 is 0.947 bits per heavy atom. The molecule has 1 unspecified atom stereocenters. The molecule has 0 aliphatic rings. The maximum absolute atomic E-state index is 13.0. The predicted octanol–water partition coefficient (Wildman–Crippen LogP) is 8.35. The summed E-state index contributed by atoms with van der Waals surface area (Å²) in [6.45, 7) is 2.01.